The summed E-state index contributed by atoms with van der Waals surface area (Å²) >= 11 is 0. The molecular formula is C14H19N3O4. The van der Waals surface area contributed by atoms with Gasteiger partial charge in [0.05, 0.1) is 0 Å². The molecule has 1 aromatic carbocycles. The number of aliphatic carboxylic acids is 1. The smallest absolute Gasteiger partial charge is 0.323 e. The Hall–Kier alpha value is -2.57. The van der Waals surface area contributed by atoms with Gasteiger partial charge in [-0.2, -0.15) is 0 Å². The molecule has 3 amide bonds. The number of primary amides is 1. The van der Waals surface area contributed by atoms with Crippen molar-refractivity contribution < 1.29 is 19.5 Å². The van der Waals surface area contributed by atoms with Gasteiger partial charge in [-0.05, 0) is 24.5 Å². The van der Waals surface area contributed by atoms with E-state index in [9.17, 15) is 14.4 Å². The second-order valence-corrected chi connectivity index (χ2v) is 4.61. The highest BCUT2D eigenvalue weighted by Gasteiger charge is 2.20. The SMILES string of the molecule is CCc1cccc(C)c1NC(=O)N(CC(N)=O)CC(=O)O. The zero-order valence-electron chi connectivity index (χ0n) is 12.0. The molecule has 0 atom stereocenters. The molecule has 7 heteroatoms. The molecule has 114 valence electrons. The summed E-state index contributed by atoms with van der Waals surface area (Å²) < 4.78 is 0. The number of aryl methyl sites for hydroxylation is 2. The molecule has 1 rings (SSSR count). The molecule has 0 radical (unpaired) electrons. The summed E-state index contributed by atoms with van der Waals surface area (Å²) in [6, 6.07) is 4.92. The Kier molecular flexibility index (Phi) is 5.71. The predicted octanol–water partition coefficient (Wildman–Crippen LogP) is 0.961. The van der Waals surface area contributed by atoms with E-state index in [-0.39, 0.29) is 0 Å². The zero-order chi connectivity index (χ0) is 16.0. The summed E-state index contributed by atoms with van der Waals surface area (Å²) in [6.07, 6.45) is 0.714. The van der Waals surface area contributed by atoms with Crippen LogP contribution in [-0.4, -0.2) is 41.0 Å². The standard InChI is InChI=1S/C14H19N3O4/c1-3-10-6-4-5-9(2)13(10)16-14(21)17(7-11(15)18)8-12(19)20/h4-6H,3,7-8H2,1-2H3,(H2,15,18)(H,16,21)(H,19,20). The number of nitrogens with zero attached hydrogens (tertiary/aromatic N) is 1. The van der Waals surface area contributed by atoms with E-state index in [4.69, 9.17) is 10.8 Å². The molecular weight excluding hydrogens is 274 g/mol. The van der Waals surface area contributed by atoms with Crippen molar-refractivity contribution in [2.24, 2.45) is 5.73 Å². The number of para-hydroxylation sites is 1. The van der Waals surface area contributed by atoms with Gasteiger partial charge in [0.1, 0.15) is 13.1 Å². The van der Waals surface area contributed by atoms with Gasteiger partial charge in [-0.25, -0.2) is 4.79 Å². The lowest BCUT2D eigenvalue weighted by atomic mass is 10.1. The van der Waals surface area contributed by atoms with E-state index >= 15 is 0 Å². The van der Waals surface area contributed by atoms with Gasteiger partial charge in [0.15, 0.2) is 0 Å². The number of amides is 3. The molecule has 0 saturated carbocycles. The van der Waals surface area contributed by atoms with Crippen molar-refractivity contribution in [2.45, 2.75) is 20.3 Å². The van der Waals surface area contributed by atoms with Gasteiger partial charge in [-0.1, -0.05) is 25.1 Å². The lowest BCUT2D eigenvalue weighted by Crippen LogP contribution is -2.43. The third-order valence-electron chi connectivity index (χ3n) is 2.93. The Bertz CT molecular complexity index is 541. The van der Waals surface area contributed by atoms with Gasteiger partial charge in [-0.3, -0.25) is 9.59 Å². The number of hydrogen-bond acceptors (Lipinski definition) is 3. The summed E-state index contributed by atoms with van der Waals surface area (Å²) in [5.41, 5.74) is 7.45. The zero-order valence-corrected chi connectivity index (χ0v) is 12.0. The number of nitrogens with two attached hydrogens (primary N) is 1. The van der Waals surface area contributed by atoms with Crippen LogP contribution in [0, 0.1) is 6.92 Å². The van der Waals surface area contributed by atoms with Crippen LogP contribution in [0.1, 0.15) is 18.1 Å². The van der Waals surface area contributed by atoms with Gasteiger partial charge in [0.2, 0.25) is 5.91 Å². The molecule has 0 unspecified atom stereocenters. The van der Waals surface area contributed by atoms with Crippen molar-refractivity contribution in [1.29, 1.82) is 0 Å². The first kappa shape index (κ1) is 16.5. The number of carboxylic acid groups (broad SMARTS) is 1. The van der Waals surface area contributed by atoms with Crippen molar-refractivity contribution in [3.05, 3.63) is 29.3 Å². The summed E-state index contributed by atoms with van der Waals surface area (Å²) in [4.78, 5) is 34.7. The minimum absolute atomic E-state index is 0.453. The Morgan fingerprint density at radius 3 is 2.48 bits per heavy atom. The van der Waals surface area contributed by atoms with Gasteiger partial charge < -0.3 is 21.1 Å². The predicted molar refractivity (Wildman–Crippen MR) is 78.0 cm³/mol. The maximum absolute atomic E-state index is 12.1. The number of hydrogen-bond donors (Lipinski definition) is 3. The number of benzene rings is 1. The van der Waals surface area contributed by atoms with Crippen LogP contribution in [0.15, 0.2) is 18.2 Å². The van der Waals surface area contributed by atoms with Crippen LogP contribution in [0.3, 0.4) is 0 Å². The third-order valence-corrected chi connectivity index (χ3v) is 2.93. The van der Waals surface area contributed by atoms with Crippen molar-refractivity contribution in [3.63, 3.8) is 0 Å². The van der Waals surface area contributed by atoms with E-state index in [2.05, 4.69) is 5.32 Å². The molecule has 0 heterocycles. The number of anilines is 1. The Morgan fingerprint density at radius 1 is 1.29 bits per heavy atom. The van der Waals surface area contributed by atoms with E-state index in [0.29, 0.717) is 12.1 Å². The molecule has 0 fully saturated rings. The second kappa shape index (κ2) is 7.28. The molecule has 0 saturated heterocycles. The normalized spacial score (nSPS) is 10.0. The summed E-state index contributed by atoms with van der Waals surface area (Å²) in [5.74, 6) is -1.99. The van der Waals surface area contributed by atoms with Crippen LogP contribution in [0.2, 0.25) is 0 Å². The lowest BCUT2D eigenvalue weighted by molar-refractivity contribution is -0.137. The highest BCUT2D eigenvalue weighted by molar-refractivity contribution is 5.95. The topological polar surface area (TPSA) is 113 Å². The number of urea groups is 1. The average molecular weight is 293 g/mol. The largest absolute Gasteiger partial charge is 0.480 e. The number of carbonyl (C=O) groups excluding carboxylic acids is 2. The number of rotatable bonds is 6. The minimum Gasteiger partial charge on any atom is -0.480 e. The Morgan fingerprint density at radius 2 is 1.95 bits per heavy atom. The van der Waals surface area contributed by atoms with E-state index in [1.165, 1.54) is 0 Å². The number of nitrogens with one attached hydrogen (secondary N) is 1. The molecule has 0 aromatic heterocycles. The van der Waals surface area contributed by atoms with Gasteiger partial charge >= 0.3 is 12.0 Å². The van der Waals surface area contributed by atoms with Crippen LogP contribution in [0.25, 0.3) is 0 Å². The first-order chi connectivity index (χ1) is 9.85. The molecule has 0 aliphatic carbocycles. The van der Waals surface area contributed by atoms with E-state index in [1.54, 1.807) is 0 Å². The lowest BCUT2D eigenvalue weighted by Gasteiger charge is -2.21. The van der Waals surface area contributed by atoms with Crippen molar-refractivity contribution in [3.8, 4) is 0 Å². The van der Waals surface area contributed by atoms with Crippen molar-refractivity contribution in [1.82, 2.24) is 4.90 Å². The maximum atomic E-state index is 12.1. The molecule has 4 N–H and O–H groups in total. The highest BCUT2D eigenvalue weighted by atomic mass is 16.4. The van der Waals surface area contributed by atoms with Crippen LogP contribution in [0.4, 0.5) is 10.5 Å². The van der Waals surface area contributed by atoms with Crippen LogP contribution >= 0.6 is 0 Å². The van der Waals surface area contributed by atoms with Gasteiger partial charge in [0, 0.05) is 5.69 Å². The van der Waals surface area contributed by atoms with Crippen LogP contribution in [-0.2, 0) is 16.0 Å². The molecule has 1 aromatic rings. The number of carboxylic acids is 1. The first-order valence-electron chi connectivity index (χ1n) is 6.49. The molecule has 0 bridgehead atoms. The Labute approximate surface area is 122 Å². The minimum atomic E-state index is -1.22. The summed E-state index contributed by atoms with van der Waals surface area (Å²) in [5, 5.41) is 11.4. The first-order valence-corrected chi connectivity index (χ1v) is 6.49. The quantitative estimate of drug-likeness (QED) is 0.725. The number of carbonyl (C=O) groups is 3. The van der Waals surface area contributed by atoms with Gasteiger partial charge in [-0.15, -0.1) is 0 Å². The summed E-state index contributed by atoms with van der Waals surface area (Å²) in [6.45, 7) is 2.74. The van der Waals surface area contributed by atoms with Crippen molar-refractivity contribution >= 4 is 23.6 Å². The second-order valence-electron chi connectivity index (χ2n) is 4.61. The molecule has 7 nitrogen and oxygen atoms in total. The fourth-order valence-electron chi connectivity index (χ4n) is 1.94. The maximum Gasteiger partial charge on any atom is 0.323 e. The van der Waals surface area contributed by atoms with E-state index in [0.717, 1.165) is 16.0 Å². The fraction of sp³-hybridized carbons (Fsp3) is 0.357. The molecule has 0 aliphatic rings. The fourth-order valence-corrected chi connectivity index (χ4v) is 1.94. The average Bonchev–Trinajstić information content (AvgIpc) is 2.39. The van der Waals surface area contributed by atoms with E-state index < -0.39 is 31.0 Å². The van der Waals surface area contributed by atoms with Gasteiger partial charge in [0.25, 0.3) is 0 Å². The summed E-state index contributed by atoms with van der Waals surface area (Å²) in [7, 11) is 0. The Balaban J connectivity index is 2.95. The van der Waals surface area contributed by atoms with Crippen molar-refractivity contribution in [2.75, 3.05) is 18.4 Å². The monoisotopic (exact) mass is 293 g/mol. The molecule has 0 spiro atoms. The highest BCUT2D eigenvalue weighted by Crippen LogP contribution is 2.21. The van der Waals surface area contributed by atoms with Crippen LogP contribution in [0.5, 0.6) is 0 Å². The molecule has 21 heavy (non-hydrogen) atoms. The van der Waals surface area contributed by atoms with Crippen LogP contribution < -0.4 is 11.1 Å². The third kappa shape index (κ3) is 4.79. The van der Waals surface area contributed by atoms with E-state index in [1.807, 2.05) is 32.0 Å². The molecule has 0 aliphatic heterocycles.